The van der Waals surface area contributed by atoms with E-state index in [4.69, 9.17) is 0 Å². The summed E-state index contributed by atoms with van der Waals surface area (Å²) in [6, 6.07) is 13.6. The van der Waals surface area contributed by atoms with E-state index in [1.807, 2.05) is 6.92 Å². The Morgan fingerprint density at radius 1 is 0.688 bits per heavy atom. The third kappa shape index (κ3) is 4.22. The van der Waals surface area contributed by atoms with E-state index in [1.165, 1.54) is 48.5 Å². The van der Waals surface area contributed by atoms with Gasteiger partial charge in [-0.1, -0.05) is 49.5 Å². The largest absolute Gasteiger partial charge is 0.206 e. The van der Waals surface area contributed by atoms with Crippen molar-refractivity contribution < 1.29 is 22.0 Å². The smallest absolute Gasteiger partial charge is 0.166 e. The molecule has 4 aromatic rings. The van der Waals surface area contributed by atoms with Crippen LogP contribution in [0.4, 0.5) is 22.0 Å². The summed E-state index contributed by atoms with van der Waals surface area (Å²) >= 11 is 0. The molecule has 0 radical (unpaired) electrons. The molecule has 0 atom stereocenters. The van der Waals surface area contributed by atoms with E-state index >= 15 is 0 Å². The average molecular weight is 436 g/mol. The molecule has 0 saturated heterocycles. The van der Waals surface area contributed by atoms with Gasteiger partial charge in [0.15, 0.2) is 11.6 Å². The summed E-state index contributed by atoms with van der Waals surface area (Å²) in [4.78, 5) is 0. The van der Waals surface area contributed by atoms with Gasteiger partial charge >= 0.3 is 0 Å². The van der Waals surface area contributed by atoms with Crippen LogP contribution in [-0.4, -0.2) is 0 Å². The first-order chi connectivity index (χ1) is 15.4. The minimum Gasteiger partial charge on any atom is -0.206 e. The van der Waals surface area contributed by atoms with Crippen molar-refractivity contribution in [3.05, 3.63) is 106 Å². The molecule has 0 bridgehead atoms. The number of aryl methyl sites for hydroxylation is 1. The Balaban J connectivity index is 1.66. The van der Waals surface area contributed by atoms with Crippen LogP contribution < -0.4 is 0 Å². The highest BCUT2D eigenvalue weighted by Gasteiger charge is 2.12. The molecule has 4 rings (SSSR count). The van der Waals surface area contributed by atoms with Crippen LogP contribution in [0.2, 0.25) is 0 Å². The lowest BCUT2D eigenvalue weighted by molar-refractivity contribution is 0.517. The Bertz CT molecular complexity index is 1370. The van der Waals surface area contributed by atoms with Crippen LogP contribution in [0.15, 0.2) is 60.7 Å². The van der Waals surface area contributed by atoms with Crippen molar-refractivity contribution in [2.24, 2.45) is 0 Å². The Hall–Kier alpha value is -3.65. The fraction of sp³-hybridized carbons (Fsp3) is 0.111. The van der Waals surface area contributed by atoms with Crippen LogP contribution in [-0.2, 0) is 6.42 Å². The summed E-state index contributed by atoms with van der Waals surface area (Å²) in [5.74, 6) is 1.03. The fourth-order valence-electron chi connectivity index (χ4n) is 3.57. The number of rotatable bonds is 3. The highest BCUT2D eigenvalue weighted by Crippen LogP contribution is 2.29. The molecule has 0 N–H and O–H groups in total. The molecule has 0 amide bonds. The summed E-state index contributed by atoms with van der Waals surface area (Å²) < 4.78 is 70.5. The van der Waals surface area contributed by atoms with Crippen LogP contribution in [0.3, 0.4) is 0 Å². The average Bonchev–Trinajstić information content (AvgIpc) is 2.76. The zero-order chi connectivity index (χ0) is 22.8. The SMILES string of the molecule is CCCc1cc(F)c(C#Cc2ccc(-c3ccc4c(F)c(F)ccc4c3)c(F)c2)c(F)c1. The first-order valence-electron chi connectivity index (χ1n) is 10.0. The molecule has 0 spiro atoms. The molecule has 0 aliphatic carbocycles. The van der Waals surface area contributed by atoms with E-state index in [2.05, 4.69) is 11.8 Å². The minimum atomic E-state index is -0.956. The molecular formula is C27H17F5. The Kier molecular flexibility index (Phi) is 5.96. The number of hydrogen-bond acceptors (Lipinski definition) is 0. The van der Waals surface area contributed by atoms with Gasteiger partial charge in [0, 0.05) is 16.5 Å². The van der Waals surface area contributed by atoms with Gasteiger partial charge in [0.2, 0.25) is 0 Å². The predicted molar refractivity (Wildman–Crippen MR) is 116 cm³/mol. The molecule has 32 heavy (non-hydrogen) atoms. The lowest BCUT2D eigenvalue weighted by Crippen LogP contribution is -1.95. The maximum Gasteiger partial charge on any atom is 0.166 e. The second-order valence-electron chi connectivity index (χ2n) is 7.43. The summed E-state index contributed by atoms with van der Waals surface area (Å²) in [6.45, 7) is 1.91. The van der Waals surface area contributed by atoms with Crippen molar-refractivity contribution in [1.82, 2.24) is 0 Å². The Morgan fingerprint density at radius 3 is 2.12 bits per heavy atom. The van der Waals surface area contributed by atoms with Crippen LogP contribution in [0.1, 0.15) is 30.0 Å². The lowest BCUT2D eigenvalue weighted by atomic mass is 9.99. The monoisotopic (exact) mass is 436 g/mol. The van der Waals surface area contributed by atoms with E-state index in [1.54, 1.807) is 6.07 Å². The fourth-order valence-corrected chi connectivity index (χ4v) is 3.57. The Labute approximate surface area is 182 Å². The highest BCUT2D eigenvalue weighted by atomic mass is 19.2. The quantitative estimate of drug-likeness (QED) is 0.230. The van der Waals surface area contributed by atoms with Gasteiger partial charge < -0.3 is 0 Å². The van der Waals surface area contributed by atoms with Crippen LogP contribution in [0.25, 0.3) is 21.9 Å². The normalized spacial score (nSPS) is 10.8. The van der Waals surface area contributed by atoms with Crippen molar-refractivity contribution >= 4 is 10.8 Å². The molecular weight excluding hydrogens is 419 g/mol. The van der Waals surface area contributed by atoms with E-state index in [-0.39, 0.29) is 22.1 Å². The maximum absolute atomic E-state index is 14.8. The molecule has 5 heteroatoms. The summed E-state index contributed by atoms with van der Waals surface area (Å²) in [5.41, 5.74) is 1.16. The van der Waals surface area contributed by atoms with E-state index in [0.29, 0.717) is 22.9 Å². The molecule has 4 aromatic carbocycles. The topological polar surface area (TPSA) is 0 Å². The Morgan fingerprint density at radius 2 is 1.44 bits per heavy atom. The molecule has 0 saturated carbocycles. The van der Waals surface area contributed by atoms with Crippen LogP contribution in [0, 0.1) is 40.9 Å². The van der Waals surface area contributed by atoms with Gasteiger partial charge in [-0.05, 0) is 59.3 Å². The van der Waals surface area contributed by atoms with Crippen molar-refractivity contribution in [3.8, 4) is 23.0 Å². The van der Waals surface area contributed by atoms with Gasteiger partial charge in [-0.25, -0.2) is 22.0 Å². The molecule has 0 unspecified atom stereocenters. The van der Waals surface area contributed by atoms with E-state index < -0.39 is 29.1 Å². The second-order valence-corrected chi connectivity index (χ2v) is 7.43. The maximum atomic E-state index is 14.8. The number of hydrogen-bond donors (Lipinski definition) is 0. The summed E-state index contributed by atoms with van der Waals surface area (Å²) in [6.07, 6.45) is 1.32. The zero-order valence-corrected chi connectivity index (χ0v) is 17.1. The van der Waals surface area contributed by atoms with E-state index in [9.17, 15) is 22.0 Å². The summed E-state index contributed by atoms with van der Waals surface area (Å²) in [7, 11) is 0. The number of halogens is 5. The van der Waals surface area contributed by atoms with Gasteiger partial charge in [0.05, 0.1) is 5.56 Å². The zero-order valence-electron chi connectivity index (χ0n) is 17.1. The predicted octanol–water partition coefficient (Wildman–Crippen LogP) is 7.55. The third-order valence-corrected chi connectivity index (χ3v) is 5.16. The molecule has 0 aliphatic rings. The van der Waals surface area contributed by atoms with Crippen LogP contribution >= 0.6 is 0 Å². The third-order valence-electron chi connectivity index (χ3n) is 5.16. The standard InChI is InChI=1S/C27H17F5/c1-2-3-17-13-25(30)22(26(31)14-17)9-5-16-4-8-20(24(29)12-16)18-6-10-21-19(15-18)7-11-23(28)27(21)32/h4,6-8,10-15H,2-3H2,1H3. The number of fused-ring (bicyclic) bond motifs is 1. The van der Waals surface area contributed by atoms with Gasteiger partial charge in [-0.15, -0.1) is 0 Å². The molecule has 0 aliphatic heterocycles. The van der Waals surface area contributed by atoms with Crippen molar-refractivity contribution in [2.45, 2.75) is 19.8 Å². The lowest BCUT2D eigenvalue weighted by Gasteiger charge is -2.07. The first-order valence-corrected chi connectivity index (χ1v) is 10.0. The number of benzene rings is 4. The van der Waals surface area contributed by atoms with Gasteiger partial charge in [-0.3, -0.25) is 0 Å². The van der Waals surface area contributed by atoms with Crippen LogP contribution in [0.5, 0.6) is 0 Å². The van der Waals surface area contributed by atoms with Gasteiger partial charge in [0.1, 0.15) is 17.5 Å². The summed E-state index contributed by atoms with van der Waals surface area (Å²) in [5, 5.41) is 0.535. The molecule has 160 valence electrons. The molecule has 0 fully saturated rings. The highest BCUT2D eigenvalue weighted by molar-refractivity contribution is 5.88. The van der Waals surface area contributed by atoms with Gasteiger partial charge in [0.25, 0.3) is 0 Å². The molecule has 0 aromatic heterocycles. The van der Waals surface area contributed by atoms with Crippen molar-refractivity contribution in [2.75, 3.05) is 0 Å². The van der Waals surface area contributed by atoms with Crippen molar-refractivity contribution in [1.29, 1.82) is 0 Å². The van der Waals surface area contributed by atoms with Crippen molar-refractivity contribution in [3.63, 3.8) is 0 Å². The molecule has 0 nitrogen and oxygen atoms in total. The van der Waals surface area contributed by atoms with E-state index in [0.717, 1.165) is 12.5 Å². The van der Waals surface area contributed by atoms with Gasteiger partial charge in [-0.2, -0.15) is 0 Å². The minimum absolute atomic E-state index is 0.102. The molecule has 0 heterocycles. The second kappa shape index (κ2) is 8.84. The first kappa shape index (κ1) is 21.6.